The molecule has 0 bridgehead atoms. The molecular weight excluding hydrogens is 346 g/mol. The molecule has 0 N–H and O–H groups in total. The lowest BCUT2D eigenvalue weighted by Gasteiger charge is -2.04. The van der Waals surface area contributed by atoms with E-state index in [1.54, 1.807) is 25.1 Å². The van der Waals surface area contributed by atoms with Crippen LogP contribution < -0.4 is 4.84 Å². The van der Waals surface area contributed by atoms with Crippen molar-refractivity contribution < 1.29 is 13.7 Å². The Labute approximate surface area is 134 Å². The number of hydrogen-bond acceptors (Lipinski definition) is 4. The molecule has 4 rings (SSSR count). The van der Waals surface area contributed by atoms with E-state index in [-0.39, 0.29) is 0 Å². The Morgan fingerprint density at radius 3 is 2.41 bits per heavy atom. The van der Waals surface area contributed by atoms with Crippen molar-refractivity contribution in [2.45, 2.75) is 0 Å². The van der Waals surface area contributed by atoms with Gasteiger partial charge in [-0.2, -0.15) is 0 Å². The van der Waals surface area contributed by atoms with E-state index in [0.717, 1.165) is 26.7 Å². The number of oxime groups is 1. The summed E-state index contributed by atoms with van der Waals surface area (Å²) in [5.74, 6) is 0.697. The number of rotatable bonds is 2. The molecule has 0 fully saturated rings. The second-order valence-electron chi connectivity index (χ2n) is 4.80. The maximum absolute atomic E-state index is 5.61. The van der Waals surface area contributed by atoms with Crippen molar-refractivity contribution in [1.82, 2.24) is 0 Å². The first-order valence-corrected chi connectivity index (χ1v) is 7.42. The Bertz CT molecular complexity index is 861. The van der Waals surface area contributed by atoms with Crippen molar-refractivity contribution in [1.29, 1.82) is 0 Å². The molecule has 1 aromatic carbocycles. The summed E-state index contributed by atoms with van der Waals surface area (Å²) in [6, 6.07) is 9.53. The average Bonchev–Trinajstić information content (AvgIpc) is 3.19. The molecule has 0 aliphatic carbocycles. The zero-order valence-electron chi connectivity index (χ0n) is 11.3. The van der Waals surface area contributed by atoms with Crippen LogP contribution in [0.15, 0.2) is 73.8 Å². The Hall–Kier alpha value is -2.53. The van der Waals surface area contributed by atoms with Gasteiger partial charge in [0.1, 0.15) is 5.71 Å². The third-order valence-corrected chi connectivity index (χ3v) is 3.88. The fourth-order valence-electron chi connectivity index (χ4n) is 2.33. The quantitative estimate of drug-likeness (QED) is 0.651. The molecule has 0 unspecified atom stereocenters. The highest BCUT2D eigenvalue weighted by molar-refractivity contribution is 9.10. The minimum Gasteiger partial charge on any atom is -0.472 e. The standard InChI is InChI=1S/C17H10BrNO3/c18-14-1-2-16-13(7-14)8-15(11-3-5-20-9-11)17(19-22-16)12-4-6-21-10-12/h1-10H. The smallest absolute Gasteiger partial charge is 0.165 e. The molecule has 3 aromatic rings. The van der Waals surface area contributed by atoms with Gasteiger partial charge in [-0.1, -0.05) is 21.1 Å². The number of furan rings is 2. The third kappa shape index (κ3) is 2.29. The van der Waals surface area contributed by atoms with Crippen molar-refractivity contribution in [3.05, 3.63) is 76.5 Å². The Balaban J connectivity index is 1.93. The van der Waals surface area contributed by atoms with Gasteiger partial charge in [-0.15, -0.1) is 0 Å². The van der Waals surface area contributed by atoms with Gasteiger partial charge in [0.15, 0.2) is 5.75 Å². The predicted molar refractivity (Wildman–Crippen MR) is 86.6 cm³/mol. The molecule has 1 aliphatic rings. The first kappa shape index (κ1) is 13.2. The van der Waals surface area contributed by atoms with E-state index >= 15 is 0 Å². The van der Waals surface area contributed by atoms with E-state index < -0.39 is 0 Å². The monoisotopic (exact) mass is 355 g/mol. The topological polar surface area (TPSA) is 47.9 Å². The number of fused-ring (bicyclic) bond motifs is 1. The summed E-state index contributed by atoms with van der Waals surface area (Å²) in [7, 11) is 0. The molecule has 22 heavy (non-hydrogen) atoms. The molecule has 0 amide bonds. The van der Waals surface area contributed by atoms with Gasteiger partial charge in [0.05, 0.1) is 25.1 Å². The summed E-state index contributed by atoms with van der Waals surface area (Å²) in [4.78, 5) is 5.61. The maximum atomic E-state index is 5.61. The van der Waals surface area contributed by atoms with Gasteiger partial charge in [-0.25, -0.2) is 0 Å². The van der Waals surface area contributed by atoms with Gasteiger partial charge in [0.2, 0.25) is 0 Å². The second-order valence-corrected chi connectivity index (χ2v) is 5.71. The number of nitrogens with zero attached hydrogens (tertiary/aromatic N) is 1. The summed E-state index contributed by atoms with van der Waals surface area (Å²) in [6.45, 7) is 0. The van der Waals surface area contributed by atoms with Crippen LogP contribution in [0.2, 0.25) is 0 Å². The lowest BCUT2D eigenvalue weighted by Crippen LogP contribution is -2.03. The number of hydrogen-bond donors (Lipinski definition) is 0. The van der Waals surface area contributed by atoms with Crippen LogP contribution in [0.25, 0.3) is 11.6 Å². The largest absolute Gasteiger partial charge is 0.472 e. The SMILES string of the molecule is Brc1ccc2c(c1)C=C(c1ccoc1)C(c1ccoc1)=NO2. The highest BCUT2D eigenvalue weighted by Crippen LogP contribution is 2.33. The Kier molecular flexibility index (Phi) is 3.20. The van der Waals surface area contributed by atoms with Gasteiger partial charge >= 0.3 is 0 Å². The fourth-order valence-corrected chi connectivity index (χ4v) is 2.71. The van der Waals surface area contributed by atoms with Crippen LogP contribution in [-0.2, 0) is 0 Å². The molecule has 4 nitrogen and oxygen atoms in total. The number of allylic oxidation sites excluding steroid dienone is 1. The van der Waals surface area contributed by atoms with Crippen LogP contribution in [0.1, 0.15) is 16.7 Å². The number of halogens is 1. The van der Waals surface area contributed by atoms with Crippen molar-refractivity contribution in [2.75, 3.05) is 0 Å². The van der Waals surface area contributed by atoms with Crippen molar-refractivity contribution in [3.63, 3.8) is 0 Å². The van der Waals surface area contributed by atoms with Crippen LogP contribution in [0, 0.1) is 0 Å². The maximum Gasteiger partial charge on any atom is 0.165 e. The molecule has 0 saturated carbocycles. The first-order valence-electron chi connectivity index (χ1n) is 6.63. The third-order valence-electron chi connectivity index (χ3n) is 3.39. The minimum atomic E-state index is 0.697. The van der Waals surface area contributed by atoms with E-state index in [1.807, 2.05) is 36.4 Å². The summed E-state index contributed by atoms with van der Waals surface area (Å²) in [5, 5.41) is 4.31. The molecule has 0 atom stereocenters. The van der Waals surface area contributed by atoms with Gasteiger partial charge in [-0.05, 0) is 36.4 Å². The van der Waals surface area contributed by atoms with Crippen LogP contribution in [0.4, 0.5) is 0 Å². The zero-order valence-corrected chi connectivity index (χ0v) is 12.9. The summed E-state index contributed by atoms with van der Waals surface area (Å²) in [6.07, 6.45) is 8.60. The van der Waals surface area contributed by atoms with Crippen molar-refractivity contribution in [3.8, 4) is 5.75 Å². The van der Waals surface area contributed by atoms with Crippen LogP contribution >= 0.6 is 15.9 Å². The molecule has 0 spiro atoms. The first-order chi connectivity index (χ1) is 10.8. The van der Waals surface area contributed by atoms with Gasteiger partial charge in [0.25, 0.3) is 0 Å². The zero-order chi connectivity index (χ0) is 14.9. The molecule has 2 aromatic heterocycles. The normalized spacial score (nSPS) is 13.7. The number of benzene rings is 1. The molecular formula is C17H10BrNO3. The Morgan fingerprint density at radius 2 is 1.68 bits per heavy atom. The minimum absolute atomic E-state index is 0.697. The van der Waals surface area contributed by atoms with Crippen molar-refractivity contribution in [2.24, 2.45) is 5.16 Å². The molecule has 1 aliphatic heterocycles. The van der Waals surface area contributed by atoms with Gasteiger partial charge in [0, 0.05) is 26.7 Å². The molecule has 108 valence electrons. The molecule has 3 heterocycles. The molecule has 5 heteroatoms. The summed E-state index contributed by atoms with van der Waals surface area (Å²) >= 11 is 3.48. The van der Waals surface area contributed by atoms with E-state index in [4.69, 9.17) is 13.7 Å². The lowest BCUT2D eigenvalue weighted by molar-refractivity contribution is 0.342. The van der Waals surface area contributed by atoms with E-state index in [2.05, 4.69) is 21.1 Å². The predicted octanol–water partition coefficient (Wildman–Crippen LogP) is 4.97. The lowest BCUT2D eigenvalue weighted by atomic mass is 9.97. The van der Waals surface area contributed by atoms with E-state index in [9.17, 15) is 0 Å². The highest BCUT2D eigenvalue weighted by atomic mass is 79.9. The van der Waals surface area contributed by atoms with Crippen LogP contribution in [0.3, 0.4) is 0 Å². The van der Waals surface area contributed by atoms with Crippen LogP contribution in [-0.4, -0.2) is 5.71 Å². The fraction of sp³-hybridized carbons (Fsp3) is 0. The van der Waals surface area contributed by atoms with E-state index in [0.29, 0.717) is 11.5 Å². The van der Waals surface area contributed by atoms with Crippen LogP contribution in [0.5, 0.6) is 5.75 Å². The average molecular weight is 356 g/mol. The molecule has 0 saturated heterocycles. The second kappa shape index (κ2) is 5.35. The molecule has 0 radical (unpaired) electrons. The van der Waals surface area contributed by atoms with Gasteiger partial charge < -0.3 is 13.7 Å². The van der Waals surface area contributed by atoms with E-state index in [1.165, 1.54) is 0 Å². The Morgan fingerprint density at radius 1 is 0.909 bits per heavy atom. The highest BCUT2D eigenvalue weighted by Gasteiger charge is 2.20. The summed E-state index contributed by atoms with van der Waals surface area (Å²) < 4.78 is 11.4. The van der Waals surface area contributed by atoms with Gasteiger partial charge in [-0.3, -0.25) is 0 Å². The van der Waals surface area contributed by atoms with Crippen molar-refractivity contribution >= 4 is 33.3 Å². The summed E-state index contributed by atoms with van der Waals surface area (Å²) in [5.41, 5.74) is 4.32.